The van der Waals surface area contributed by atoms with Gasteiger partial charge in [-0.2, -0.15) is 0 Å². The van der Waals surface area contributed by atoms with E-state index in [1.165, 1.54) is 25.3 Å². The van der Waals surface area contributed by atoms with Crippen molar-refractivity contribution in [3.8, 4) is 5.75 Å². The van der Waals surface area contributed by atoms with Crippen molar-refractivity contribution >= 4 is 18.3 Å². The van der Waals surface area contributed by atoms with Crippen LogP contribution in [0.1, 0.15) is 15.9 Å². The molecular formula is C11H9FO4. The van der Waals surface area contributed by atoms with E-state index in [4.69, 9.17) is 9.84 Å². The molecule has 1 aromatic carbocycles. The van der Waals surface area contributed by atoms with E-state index in [1.807, 2.05) is 0 Å². The zero-order chi connectivity index (χ0) is 12.1. The highest BCUT2D eigenvalue weighted by molar-refractivity contribution is 5.86. The summed E-state index contributed by atoms with van der Waals surface area (Å²) in [7, 11) is 1.24. The van der Waals surface area contributed by atoms with Gasteiger partial charge in [0.1, 0.15) is 0 Å². The fraction of sp³-hybridized carbons (Fsp3) is 0.0909. The van der Waals surface area contributed by atoms with E-state index in [-0.39, 0.29) is 16.9 Å². The molecule has 0 aliphatic carbocycles. The maximum absolute atomic E-state index is 13.5. The average Bonchev–Trinajstić information content (AvgIpc) is 2.26. The van der Waals surface area contributed by atoms with Gasteiger partial charge < -0.3 is 9.84 Å². The molecule has 0 spiro atoms. The number of carbonyl (C=O) groups is 2. The standard InChI is InChI=1S/C11H9FO4/c1-16-11-7(4-5-9(14)15)2-3-8(6-13)10(11)12/h2-6H,1H3,(H,14,15)/b5-4+. The lowest BCUT2D eigenvalue weighted by Gasteiger charge is -2.07. The lowest BCUT2D eigenvalue weighted by atomic mass is 10.1. The van der Waals surface area contributed by atoms with Gasteiger partial charge in [0.2, 0.25) is 0 Å². The molecule has 0 saturated heterocycles. The normalized spacial score (nSPS) is 10.4. The Morgan fingerprint density at radius 2 is 2.06 bits per heavy atom. The Labute approximate surface area is 91.0 Å². The SMILES string of the molecule is COc1c(/C=C/C(=O)O)ccc(C=O)c1F. The quantitative estimate of drug-likeness (QED) is 0.625. The first kappa shape index (κ1) is 11.9. The van der Waals surface area contributed by atoms with Crippen molar-refractivity contribution in [3.63, 3.8) is 0 Å². The Hall–Kier alpha value is -2.17. The van der Waals surface area contributed by atoms with Crippen molar-refractivity contribution in [3.05, 3.63) is 35.2 Å². The van der Waals surface area contributed by atoms with Crippen LogP contribution < -0.4 is 4.74 Å². The molecule has 0 saturated carbocycles. The highest BCUT2D eigenvalue weighted by Gasteiger charge is 2.11. The number of aldehydes is 1. The molecule has 1 aromatic rings. The second-order valence-corrected chi connectivity index (χ2v) is 2.88. The number of hydrogen-bond acceptors (Lipinski definition) is 3. The zero-order valence-corrected chi connectivity index (χ0v) is 8.44. The second-order valence-electron chi connectivity index (χ2n) is 2.88. The molecule has 0 unspecified atom stereocenters. The molecule has 16 heavy (non-hydrogen) atoms. The minimum Gasteiger partial charge on any atom is -0.493 e. The number of halogens is 1. The molecule has 1 rings (SSSR count). The topological polar surface area (TPSA) is 63.6 Å². The summed E-state index contributed by atoms with van der Waals surface area (Å²) < 4.78 is 18.3. The van der Waals surface area contributed by atoms with Crippen LogP contribution in [0.25, 0.3) is 6.08 Å². The van der Waals surface area contributed by atoms with Crippen LogP contribution in [0.15, 0.2) is 18.2 Å². The molecule has 0 amide bonds. The smallest absolute Gasteiger partial charge is 0.328 e. The Morgan fingerprint density at radius 3 is 2.56 bits per heavy atom. The van der Waals surface area contributed by atoms with Gasteiger partial charge in [-0.1, -0.05) is 6.07 Å². The first-order chi connectivity index (χ1) is 7.60. The van der Waals surface area contributed by atoms with Gasteiger partial charge in [0.15, 0.2) is 17.9 Å². The summed E-state index contributed by atoms with van der Waals surface area (Å²) >= 11 is 0. The largest absolute Gasteiger partial charge is 0.493 e. The number of carbonyl (C=O) groups excluding carboxylic acids is 1. The molecule has 4 nitrogen and oxygen atoms in total. The molecule has 0 aliphatic heterocycles. The summed E-state index contributed by atoms with van der Waals surface area (Å²) in [6.45, 7) is 0. The van der Waals surface area contributed by atoms with Gasteiger partial charge in [0.25, 0.3) is 0 Å². The Morgan fingerprint density at radius 1 is 1.44 bits per heavy atom. The third kappa shape index (κ3) is 2.44. The predicted octanol–water partition coefficient (Wildman–Crippen LogP) is 1.74. The number of hydrogen-bond donors (Lipinski definition) is 1. The summed E-state index contributed by atoms with van der Waals surface area (Å²) in [5.41, 5.74) is 0.123. The van der Waals surface area contributed by atoms with Crippen LogP contribution in [0.3, 0.4) is 0 Å². The number of benzene rings is 1. The van der Waals surface area contributed by atoms with Crippen LogP contribution in [0, 0.1) is 5.82 Å². The average molecular weight is 224 g/mol. The van der Waals surface area contributed by atoms with Crippen LogP contribution in [0.4, 0.5) is 4.39 Å². The van der Waals surface area contributed by atoms with Gasteiger partial charge in [-0.3, -0.25) is 4.79 Å². The lowest BCUT2D eigenvalue weighted by molar-refractivity contribution is -0.131. The maximum atomic E-state index is 13.5. The van der Waals surface area contributed by atoms with Crippen LogP contribution in [-0.4, -0.2) is 24.5 Å². The predicted molar refractivity (Wildman–Crippen MR) is 55.0 cm³/mol. The summed E-state index contributed by atoms with van der Waals surface area (Å²) in [6.07, 6.45) is 2.42. The van der Waals surface area contributed by atoms with Gasteiger partial charge in [0.05, 0.1) is 12.7 Å². The number of ether oxygens (including phenoxy) is 1. The number of aliphatic carboxylic acids is 1. The van der Waals surface area contributed by atoms with E-state index in [0.29, 0.717) is 6.29 Å². The molecule has 0 atom stereocenters. The van der Waals surface area contributed by atoms with E-state index in [2.05, 4.69) is 0 Å². The highest BCUT2D eigenvalue weighted by Crippen LogP contribution is 2.25. The second kappa shape index (κ2) is 5.06. The van der Waals surface area contributed by atoms with E-state index in [9.17, 15) is 14.0 Å². The number of carboxylic acids is 1. The zero-order valence-electron chi connectivity index (χ0n) is 8.44. The van der Waals surface area contributed by atoms with Crippen LogP contribution in [0.5, 0.6) is 5.75 Å². The maximum Gasteiger partial charge on any atom is 0.328 e. The van der Waals surface area contributed by atoms with Crippen LogP contribution >= 0.6 is 0 Å². The molecule has 0 heterocycles. The van der Waals surface area contributed by atoms with Crippen molar-refractivity contribution in [2.45, 2.75) is 0 Å². The molecule has 84 valence electrons. The summed E-state index contributed by atoms with van der Waals surface area (Å²) in [5, 5.41) is 8.43. The van der Waals surface area contributed by atoms with E-state index >= 15 is 0 Å². The first-order valence-electron chi connectivity index (χ1n) is 4.32. The molecule has 0 aromatic heterocycles. The lowest BCUT2D eigenvalue weighted by Crippen LogP contribution is -1.97. The van der Waals surface area contributed by atoms with Crippen molar-refractivity contribution < 1.29 is 23.8 Å². The minimum absolute atomic E-state index is 0.135. The summed E-state index contributed by atoms with van der Waals surface area (Å²) in [5.74, 6) is -2.10. The Balaban J connectivity index is 3.25. The third-order valence-corrected chi connectivity index (χ3v) is 1.89. The molecule has 0 bridgehead atoms. The van der Waals surface area contributed by atoms with E-state index < -0.39 is 11.8 Å². The first-order valence-corrected chi connectivity index (χ1v) is 4.32. The molecule has 1 N–H and O–H groups in total. The number of methoxy groups -OCH3 is 1. The van der Waals surface area contributed by atoms with E-state index in [0.717, 1.165) is 6.08 Å². The summed E-state index contributed by atoms with van der Waals surface area (Å²) in [6, 6.07) is 2.66. The fourth-order valence-electron chi connectivity index (χ4n) is 1.18. The van der Waals surface area contributed by atoms with Gasteiger partial charge in [0, 0.05) is 11.6 Å². The van der Waals surface area contributed by atoms with Crippen molar-refractivity contribution in [1.29, 1.82) is 0 Å². The van der Waals surface area contributed by atoms with Crippen molar-refractivity contribution in [2.24, 2.45) is 0 Å². The van der Waals surface area contributed by atoms with Crippen molar-refractivity contribution in [2.75, 3.05) is 7.11 Å². The van der Waals surface area contributed by atoms with Crippen molar-refractivity contribution in [1.82, 2.24) is 0 Å². The summed E-state index contributed by atoms with van der Waals surface area (Å²) in [4.78, 5) is 20.8. The Kier molecular flexibility index (Phi) is 3.77. The molecular weight excluding hydrogens is 215 g/mol. The van der Waals surface area contributed by atoms with Gasteiger partial charge in [-0.15, -0.1) is 0 Å². The van der Waals surface area contributed by atoms with Crippen LogP contribution in [0.2, 0.25) is 0 Å². The molecule has 0 radical (unpaired) electrons. The third-order valence-electron chi connectivity index (χ3n) is 1.89. The van der Waals surface area contributed by atoms with Crippen LogP contribution in [-0.2, 0) is 4.79 Å². The van der Waals surface area contributed by atoms with Gasteiger partial charge in [-0.05, 0) is 12.1 Å². The molecule has 0 aliphatic rings. The molecule has 0 fully saturated rings. The Bertz CT molecular complexity index is 452. The number of rotatable bonds is 4. The number of carboxylic acid groups (broad SMARTS) is 1. The monoisotopic (exact) mass is 224 g/mol. The van der Waals surface area contributed by atoms with E-state index in [1.54, 1.807) is 0 Å². The van der Waals surface area contributed by atoms with Gasteiger partial charge >= 0.3 is 5.97 Å². The fourth-order valence-corrected chi connectivity index (χ4v) is 1.18. The highest BCUT2D eigenvalue weighted by atomic mass is 19.1. The minimum atomic E-state index is -1.15. The van der Waals surface area contributed by atoms with Gasteiger partial charge in [-0.25, -0.2) is 9.18 Å². The molecule has 5 heteroatoms.